The van der Waals surface area contributed by atoms with Crippen LogP contribution >= 0.6 is 0 Å². The van der Waals surface area contributed by atoms with Crippen molar-refractivity contribution in [2.24, 2.45) is 23.5 Å². The average molecular weight is 253 g/mol. The predicted molar refractivity (Wildman–Crippen MR) is 72.0 cm³/mol. The third-order valence-electron chi connectivity index (χ3n) is 5.06. The van der Waals surface area contributed by atoms with E-state index in [0.29, 0.717) is 18.4 Å². The second kappa shape index (κ2) is 6.55. The van der Waals surface area contributed by atoms with Crippen molar-refractivity contribution in [2.45, 2.75) is 63.8 Å². The van der Waals surface area contributed by atoms with Gasteiger partial charge in [-0.05, 0) is 69.1 Å². The van der Waals surface area contributed by atoms with Gasteiger partial charge in [-0.15, -0.1) is 0 Å². The monoisotopic (exact) mass is 253 g/mol. The number of hydrogen-bond donors (Lipinski definition) is 1. The van der Waals surface area contributed by atoms with Gasteiger partial charge in [0.1, 0.15) is 0 Å². The van der Waals surface area contributed by atoms with Gasteiger partial charge in [0.05, 0.1) is 7.11 Å². The Morgan fingerprint density at radius 1 is 1.00 bits per heavy atom. The molecule has 2 fully saturated rings. The van der Waals surface area contributed by atoms with E-state index < -0.39 is 0 Å². The molecule has 0 aromatic heterocycles. The summed E-state index contributed by atoms with van der Waals surface area (Å²) < 4.78 is 4.76. The first-order chi connectivity index (χ1) is 8.69. The Kier molecular flexibility index (Phi) is 5.04. The Labute approximate surface area is 110 Å². The largest absolute Gasteiger partial charge is 0.469 e. The summed E-state index contributed by atoms with van der Waals surface area (Å²) in [6.45, 7) is 0. The van der Waals surface area contributed by atoms with Crippen LogP contribution in [0.4, 0.5) is 0 Å². The lowest BCUT2D eigenvalue weighted by molar-refractivity contribution is -0.142. The Morgan fingerprint density at radius 3 is 2.00 bits per heavy atom. The first kappa shape index (κ1) is 13.9. The Balaban J connectivity index is 1.71. The quantitative estimate of drug-likeness (QED) is 0.787. The van der Waals surface area contributed by atoms with Gasteiger partial charge in [-0.1, -0.05) is 0 Å². The van der Waals surface area contributed by atoms with Crippen molar-refractivity contribution < 1.29 is 9.53 Å². The van der Waals surface area contributed by atoms with Crippen LogP contribution in [0.5, 0.6) is 0 Å². The lowest BCUT2D eigenvalue weighted by atomic mass is 9.70. The highest BCUT2D eigenvalue weighted by atomic mass is 16.5. The molecule has 2 saturated carbocycles. The van der Waals surface area contributed by atoms with E-state index in [4.69, 9.17) is 10.5 Å². The first-order valence-electron chi connectivity index (χ1n) is 7.51. The van der Waals surface area contributed by atoms with E-state index in [-0.39, 0.29) is 5.97 Å². The minimum atomic E-state index is -0.0397. The van der Waals surface area contributed by atoms with Gasteiger partial charge < -0.3 is 10.5 Å². The van der Waals surface area contributed by atoms with Crippen LogP contribution in [0, 0.1) is 17.8 Å². The molecule has 0 saturated heterocycles. The third kappa shape index (κ3) is 3.71. The lowest BCUT2D eigenvalue weighted by Crippen LogP contribution is -2.31. The first-order valence-corrected chi connectivity index (χ1v) is 7.51. The van der Waals surface area contributed by atoms with Gasteiger partial charge in [-0.2, -0.15) is 0 Å². The number of nitrogens with two attached hydrogens (primary N) is 1. The molecule has 2 aliphatic carbocycles. The van der Waals surface area contributed by atoms with Gasteiger partial charge in [-0.25, -0.2) is 0 Å². The highest BCUT2D eigenvalue weighted by Gasteiger charge is 2.30. The van der Waals surface area contributed by atoms with Crippen LogP contribution in [0.25, 0.3) is 0 Å². The molecule has 2 N–H and O–H groups in total. The van der Waals surface area contributed by atoms with Crippen molar-refractivity contribution in [3.63, 3.8) is 0 Å². The molecule has 3 heteroatoms. The van der Waals surface area contributed by atoms with Crippen LogP contribution in [-0.4, -0.2) is 19.1 Å². The van der Waals surface area contributed by atoms with E-state index in [2.05, 4.69) is 0 Å². The summed E-state index contributed by atoms with van der Waals surface area (Å²) in [6, 6.07) is 0.455. The van der Waals surface area contributed by atoms with E-state index >= 15 is 0 Å². The lowest BCUT2D eigenvalue weighted by Gasteiger charge is -2.37. The molecule has 0 bridgehead atoms. The van der Waals surface area contributed by atoms with Gasteiger partial charge >= 0.3 is 5.97 Å². The second-order valence-electron chi connectivity index (χ2n) is 6.24. The molecule has 0 aromatic rings. The number of hydrogen-bond acceptors (Lipinski definition) is 3. The second-order valence-corrected chi connectivity index (χ2v) is 6.24. The molecule has 104 valence electrons. The summed E-state index contributed by atoms with van der Waals surface area (Å²) >= 11 is 0. The van der Waals surface area contributed by atoms with Gasteiger partial charge in [0.15, 0.2) is 0 Å². The SMILES string of the molecule is COC(=O)C[C@H]1CC[C@H](C2CCC(N)CC2)CC1. The standard InChI is InChI=1S/C15H27NO2/c1-18-15(17)10-11-2-4-12(5-3-11)13-6-8-14(16)9-7-13/h11-14H,2-10,16H2,1H3/t11-,12-,13?,14?. The maximum Gasteiger partial charge on any atom is 0.305 e. The van der Waals surface area contributed by atoms with Crippen LogP contribution in [-0.2, 0) is 9.53 Å². The van der Waals surface area contributed by atoms with Crippen molar-refractivity contribution in [3.05, 3.63) is 0 Å². The summed E-state index contributed by atoms with van der Waals surface area (Å²) in [5.41, 5.74) is 5.97. The summed E-state index contributed by atoms with van der Waals surface area (Å²) in [4.78, 5) is 11.3. The van der Waals surface area contributed by atoms with Gasteiger partial charge in [0.2, 0.25) is 0 Å². The zero-order valence-electron chi connectivity index (χ0n) is 11.6. The normalized spacial score (nSPS) is 37.2. The molecular formula is C15H27NO2. The molecule has 3 nitrogen and oxygen atoms in total. The summed E-state index contributed by atoms with van der Waals surface area (Å²) in [5, 5.41) is 0. The molecule has 0 radical (unpaired) electrons. The molecule has 2 rings (SSSR count). The average Bonchev–Trinajstić information content (AvgIpc) is 2.40. The molecule has 0 spiro atoms. The van der Waals surface area contributed by atoms with E-state index in [1.54, 1.807) is 0 Å². The fourth-order valence-electron chi connectivity index (χ4n) is 3.80. The number of ether oxygens (including phenoxy) is 1. The Hall–Kier alpha value is -0.570. The fourth-order valence-corrected chi connectivity index (χ4v) is 3.80. The van der Waals surface area contributed by atoms with E-state index in [1.165, 1.54) is 58.5 Å². The fraction of sp³-hybridized carbons (Fsp3) is 0.933. The van der Waals surface area contributed by atoms with Crippen molar-refractivity contribution in [1.82, 2.24) is 0 Å². The zero-order chi connectivity index (χ0) is 13.0. The molecule has 0 heterocycles. The molecule has 0 aliphatic heterocycles. The molecule has 0 unspecified atom stereocenters. The third-order valence-corrected chi connectivity index (χ3v) is 5.06. The van der Waals surface area contributed by atoms with Gasteiger partial charge in [-0.3, -0.25) is 4.79 Å². The van der Waals surface area contributed by atoms with Gasteiger partial charge in [0, 0.05) is 12.5 Å². The van der Waals surface area contributed by atoms with E-state index in [1.807, 2.05) is 0 Å². The number of carbonyl (C=O) groups is 1. The maximum atomic E-state index is 11.3. The highest BCUT2D eigenvalue weighted by Crippen LogP contribution is 2.40. The topological polar surface area (TPSA) is 52.3 Å². The zero-order valence-corrected chi connectivity index (χ0v) is 11.6. The van der Waals surface area contributed by atoms with Crippen LogP contribution in [0.1, 0.15) is 57.8 Å². The number of esters is 1. The summed E-state index contributed by atoms with van der Waals surface area (Å²) in [6.07, 6.45) is 10.7. The molecule has 0 amide bonds. The number of methoxy groups -OCH3 is 1. The van der Waals surface area contributed by atoms with Crippen molar-refractivity contribution in [1.29, 1.82) is 0 Å². The van der Waals surface area contributed by atoms with E-state index in [0.717, 1.165) is 11.8 Å². The Morgan fingerprint density at radius 2 is 1.50 bits per heavy atom. The minimum absolute atomic E-state index is 0.0397. The highest BCUT2D eigenvalue weighted by molar-refractivity contribution is 5.69. The summed E-state index contributed by atoms with van der Waals surface area (Å²) in [5.74, 6) is 2.33. The predicted octanol–water partition coefficient (Wildman–Crippen LogP) is 2.87. The van der Waals surface area contributed by atoms with Crippen molar-refractivity contribution in [2.75, 3.05) is 7.11 Å². The van der Waals surface area contributed by atoms with Gasteiger partial charge in [0.25, 0.3) is 0 Å². The van der Waals surface area contributed by atoms with Crippen LogP contribution in [0.2, 0.25) is 0 Å². The molecule has 0 aromatic carbocycles. The van der Waals surface area contributed by atoms with Crippen molar-refractivity contribution >= 4 is 5.97 Å². The molecule has 18 heavy (non-hydrogen) atoms. The molecule has 0 atom stereocenters. The minimum Gasteiger partial charge on any atom is -0.469 e. The number of rotatable bonds is 3. The Bertz CT molecular complexity index is 264. The molecular weight excluding hydrogens is 226 g/mol. The molecule has 2 aliphatic rings. The smallest absolute Gasteiger partial charge is 0.305 e. The van der Waals surface area contributed by atoms with Crippen LogP contribution in [0.3, 0.4) is 0 Å². The van der Waals surface area contributed by atoms with Crippen LogP contribution < -0.4 is 5.73 Å². The van der Waals surface area contributed by atoms with Crippen molar-refractivity contribution in [3.8, 4) is 0 Å². The van der Waals surface area contributed by atoms with E-state index in [9.17, 15) is 4.79 Å². The van der Waals surface area contributed by atoms with Crippen LogP contribution in [0.15, 0.2) is 0 Å². The maximum absolute atomic E-state index is 11.3. The summed E-state index contributed by atoms with van der Waals surface area (Å²) in [7, 11) is 1.49. The number of carbonyl (C=O) groups excluding carboxylic acids is 1.